The van der Waals surface area contributed by atoms with Gasteiger partial charge in [-0.2, -0.15) is 0 Å². The lowest BCUT2D eigenvalue weighted by Gasteiger charge is -2.35. The van der Waals surface area contributed by atoms with Crippen LogP contribution in [0, 0.1) is 13.8 Å². The molecule has 0 saturated heterocycles. The summed E-state index contributed by atoms with van der Waals surface area (Å²) < 4.78 is 55.8. The van der Waals surface area contributed by atoms with Crippen molar-refractivity contribution in [3.05, 3.63) is 117 Å². The van der Waals surface area contributed by atoms with E-state index < -0.39 is 5.41 Å². The van der Waals surface area contributed by atoms with Gasteiger partial charge in [-0.05, 0) is 70.5 Å². The molecular formula is C45H54O12. The molecule has 57 heavy (non-hydrogen) atoms. The van der Waals surface area contributed by atoms with E-state index in [1.54, 1.807) is 14.2 Å². The molecule has 0 spiro atoms. The first-order valence-electron chi connectivity index (χ1n) is 19.1. The Hall–Kier alpha value is -4.82. The van der Waals surface area contributed by atoms with Crippen molar-refractivity contribution in [3.63, 3.8) is 0 Å². The molecule has 0 unspecified atom stereocenters. The second kappa shape index (κ2) is 22.8. The van der Waals surface area contributed by atoms with Crippen molar-refractivity contribution in [2.24, 2.45) is 0 Å². The summed E-state index contributed by atoms with van der Waals surface area (Å²) in [7, 11) is 3.27. The SMILES string of the molecule is COCCOCCOCCOc1ccc(C2(c3ccc(COC=O)c(COC=O)c3)c3cc(C)ccc3-c3ccc(C)cc32)cc1OCCOCCOCCOC. The molecule has 0 aromatic heterocycles. The Morgan fingerprint density at radius 1 is 0.474 bits per heavy atom. The molecule has 0 heterocycles. The van der Waals surface area contributed by atoms with Crippen molar-refractivity contribution in [2.45, 2.75) is 32.5 Å². The molecule has 306 valence electrons. The van der Waals surface area contributed by atoms with Crippen molar-refractivity contribution >= 4 is 12.9 Å². The average Bonchev–Trinajstić information content (AvgIpc) is 3.50. The third-order valence-corrected chi connectivity index (χ3v) is 9.66. The first-order chi connectivity index (χ1) is 28.0. The van der Waals surface area contributed by atoms with E-state index >= 15 is 0 Å². The normalized spacial score (nSPS) is 12.5. The van der Waals surface area contributed by atoms with Crippen LogP contribution in [0.2, 0.25) is 0 Å². The first kappa shape index (κ1) is 43.3. The summed E-state index contributed by atoms with van der Waals surface area (Å²) in [5.74, 6) is 1.11. The molecule has 0 amide bonds. The van der Waals surface area contributed by atoms with Crippen molar-refractivity contribution in [1.29, 1.82) is 0 Å². The summed E-state index contributed by atoms with van der Waals surface area (Å²) in [6.45, 7) is 10.1. The van der Waals surface area contributed by atoms with Crippen LogP contribution in [0.3, 0.4) is 0 Å². The van der Waals surface area contributed by atoms with Crippen LogP contribution in [0.15, 0.2) is 72.8 Å². The number of hydrogen-bond acceptors (Lipinski definition) is 12. The zero-order valence-electron chi connectivity index (χ0n) is 33.4. The second-order valence-corrected chi connectivity index (χ2v) is 13.4. The number of methoxy groups -OCH3 is 2. The van der Waals surface area contributed by atoms with Gasteiger partial charge in [0.25, 0.3) is 12.9 Å². The van der Waals surface area contributed by atoms with Gasteiger partial charge in [0.2, 0.25) is 0 Å². The summed E-state index contributed by atoms with van der Waals surface area (Å²) in [6.07, 6.45) is 0. The van der Waals surface area contributed by atoms with Gasteiger partial charge in [-0.15, -0.1) is 0 Å². The molecule has 12 heteroatoms. The quantitative estimate of drug-likeness (QED) is 0.0428. The van der Waals surface area contributed by atoms with Crippen molar-refractivity contribution in [2.75, 3.05) is 93.5 Å². The van der Waals surface area contributed by atoms with Gasteiger partial charge in [0.1, 0.15) is 26.4 Å². The number of benzene rings is 4. The van der Waals surface area contributed by atoms with E-state index in [4.69, 9.17) is 47.4 Å². The Balaban J connectivity index is 1.55. The highest BCUT2D eigenvalue weighted by Crippen LogP contribution is 2.57. The van der Waals surface area contributed by atoms with Crippen LogP contribution < -0.4 is 9.47 Å². The minimum absolute atomic E-state index is 0.00618. The maximum absolute atomic E-state index is 11.4. The number of carbonyl (C=O) groups is 2. The molecule has 12 nitrogen and oxygen atoms in total. The van der Waals surface area contributed by atoms with Crippen LogP contribution in [0.4, 0.5) is 0 Å². The summed E-state index contributed by atoms with van der Waals surface area (Å²) in [4.78, 5) is 22.6. The van der Waals surface area contributed by atoms with E-state index in [0.29, 0.717) is 97.1 Å². The molecule has 0 fully saturated rings. The van der Waals surface area contributed by atoms with E-state index in [2.05, 4.69) is 62.4 Å². The van der Waals surface area contributed by atoms with Gasteiger partial charge in [-0.1, -0.05) is 71.8 Å². The molecule has 1 aliphatic carbocycles. The van der Waals surface area contributed by atoms with Gasteiger partial charge in [0.15, 0.2) is 11.5 Å². The monoisotopic (exact) mass is 786 g/mol. The molecule has 0 radical (unpaired) electrons. The van der Waals surface area contributed by atoms with Crippen molar-refractivity contribution in [3.8, 4) is 22.6 Å². The third-order valence-electron chi connectivity index (χ3n) is 9.66. The third kappa shape index (κ3) is 11.2. The number of ether oxygens (including phenoxy) is 10. The fourth-order valence-electron chi connectivity index (χ4n) is 7.05. The Morgan fingerprint density at radius 2 is 0.930 bits per heavy atom. The van der Waals surface area contributed by atoms with Crippen molar-refractivity contribution < 1.29 is 57.0 Å². The molecule has 5 rings (SSSR count). The molecule has 4 aromatic carbocycles. The summed E-state index contributed by atoms with van der Waals surface area (Å²) in [6, 6.07) is 25.2. The van der Waals surface area contributed by atoms with E-state index in [-0.39, 0.29) is 19.8 Å². The largest absolute Gasteiger partial charge is 0.487 e. The number of hydrogen-bond donors (Lipinski definition) is 0. The Kier molecular flexibility index (Phi) is 17.3. The van der Waals surface area contributed by atoms with Crippen molar-refractivity contribution in [1.82, 2.24) is 0 Å². The molecule has 0 aliphatic heterocycles. The van der Waals surface area contributed by atoms with Gasteiger partial charge >= 0.3 is 0 Å². The van der Waals surface area contributed by atoms with E-state index in [1.807, 2.05) is 24.3 Å². The average molecular weight is 787 g/mol. The van der Waals surface area contributed by atoms with E-state index in [1.165, 1.54) is 0 Å². The second-order valence-electron chi connectivity index (χ2n) is 13.4. The van der Waals surface area contributed by atoms with Crippen LogP contribution in [-0.4, -0.2) is 106 Å². The van der Waals surface area contributed by atoms with Gasteiger partial charge in [-0.25, -0.2) is 0 Å². The van der Waals surface area contributed by atoms with Crippen LogP contribution in [0.1, 0.15) is 44.5 Å². The molecule has 4 aromatic rings. The van der Waals surface area contributed by atoms with Gasteiger partial charge < -0.3 is 47.4 Å². The Bertz CT molecular complexity index is 1820. The highest BCUT2D eigenvalue weighted by Gasteiger charge is 2.47. The maximum Gasteiger partial charge on any atom is 0.293 e. The molecular weight excluding hydrogens is 732 g/mol. The highest BCUT2D eigenvalue weighted by molar-refractivity contribution is 5.87. The predicted molar refractivity (Wildman–Crippen MR) is 213 cm³/mol. The number of rotatable bonds is 28. The summed E-state index contributed by atoms with van der Waals surface area (Å²) >= 11 is 0. The fraction of sp³-hybridized carbons (Fsp3) is 0.422. The van der Waals surface area contributed by atoms with Crippen LogP contribution in [0.25, 0.3) is 11.1 Å². The first-order valence-corrected chi connectivity index (χ1v) is 19.1. The number of carbonyl (C=O) groups excluding carboxylic acids is 2. The van der Waals surface area contributed by atoms with Crippen LogP contribution in [-0.2, 0) is 66.1 Å². The lowest BCUT2D eigenvalue weighted by Crippen LogP contribution is -2.29. The minimum atomic E-state index is -0.832. The Labute approximate surface area is 335 Å². The number of fused-ring (bicyclic) bond motifs is 3. The molecule has 1 aliphatic rings. The standard InChI is InChI=1S/C45H54O12/c1-33-5-10-39-40-11-6-34(2)26-42(40)45(41(39)25-33,37-8-7-35(29-54-31-46)36(27-37)30-55-32-47)38-9-12-43(56-23-21-52-19-17-50-15-13-48-3)44(28-38)57-24-22-53-20-18-51-16-14-49-4/h5-12,25-28,31-32H,13-24,29-30H2,1-4H3. The van der Waals surface area contributed by atoms with E-state index in [0.717, 1.165) is 55.6 Å². The lowest BCUT2D eigenvalue weighted by molar-refractivity contribution is -0.131. The Morgan fingerprint density at radius 3 is 1.46 bits per heavy atom. The zero-order chi connectivity index (χ0) is 40.3. The van der Waals surface area contributed by atoms with Gasteiger partial charge in [-0.3, -0.25) is 9.59 Å². The van der Waals surface area contributed by atoms with Crippen LogP contribution in [0.5, 0.6) is 11.5 Å². The smallest absolute Gasteiger partial charge is 0.293 e. The molecule has 0 N–H and O–H groups in total. The highest BCUT2D eigenvalue weighted by atomic mass is 16.6. The topological polar surface area (TPSA) is 126 Å². The molecule has 0 bridgehead atoms. The van der Waals surface area contributed by atoms with Gasteiger partial charge in [0, 0.05) is 14.2 Å². The summed E-state index contributed by atoms with van der Waals surface area (Å²) in [5, 5.41) is 0. The molecule has 0 atom stereocenters. The maximum atomic E-state index is 11.4. The minimum Gasteiger partial charge on any atom is -0.487 e. The zero-order valence-corrected chi connectivity index (χ0v) is 33.4. The lowest BCUT2D eigenvalue weighted by atomic mass is 9.67. The summed E-state index contributed by atoms with van der Waals surface area (Å²) in [5.41, 5.74) is 9.13. The van der Waals surface area contributed by atoms with Gasteiger partial charge in [0.05, 0.1) is 71.5 Å². The van der Waals surface area contributed by atoms with E-state index in [9.17, 15) is 9.59 Å². The van der Waals surface area contributed by atoms with Crippen LogP contribution >= 0.6 is 0 Å². The molecule has 0 saturated carbocycles. The predicted octanol–water partition coefficient (Wildman–Crippen LogP) is 6.13. The number of aryl methyl sites for hydroxylation is 2. The fourth-order valence-corrected chi connectivity index (χ4v) is 7.05.